The minimum absolute atomic E-state index is 0.0376. The molecule has 2 saturated heterocycles. The molecule has 0 aromatic carbocycles. The van der Waals surface area contributed by atoms with Gasteiger partial charge in [-0.3, -0.25) is 9.59 Å². The zero-order chi connectivity index (χ0) is 16.4. The van der Waals surface area contributed by atoms with Gasteiger partial charge >= 0.3 is 0 Å². The highest BCUT2D eigenvalue weighted by atomic mass is 16.5. The Labute approximate surface area is 136 Å². The molecule has 0 bridgehead atoms. The lowest BCUT2D eigenvalue weighted by molar-refractivity contribution is -0.135. The van der Waals surface area contributed by atoms with Crippen molar-refractivity contribution >= 4 is 11.8 Å². The molecule has 23 heavy (non-hydrogen) atoms. The number of amides is 2. The molecular weight excluding hydrogens is 296 g/mol. The summed E-state index contributed by atoms with van der Waals surface area (Å²) in [6, 6.07) is 1.24. The minimum Gasteiger partial charge on any atom is -0.360 e. The van der Waals surface area contributed by atoms with Gasteiger partial charge in [0, 0.05) is 44.7 Å². The predicted molar refractivity (Wildman–Crippen MR) is 84.1 cm³/mol. The van der Waals surface area contributed by atoms with Crippen LogP contribution in [0.3, 0.4) is 0 Å². The number of carbonyl (C=O) groups is 2. The van der Waals surface area contributed by atoms with Crippen LogP contribution in [0.4, 0.5) is 0 Å². The number of piperazine rings is 1. The molecule has 0 aliphatic carbocycles. The molecule has 1 aromatic heterocycles. The van der Waals surface area contributed by atoms with Crippen molar-refractivity contribution in [1.82, 2.24) is 20.3 Å². The third-order valence-corrected chi connectivity index (χ3v) is 4.52. The lowest BCUT2D eigenvalue weighted by Crippen LogP contribution is -2.59. The van der Waals surface area contributed by atoms with Crippen molar-refractivity contribution in [2.45, 2.75) is 38.6 Å². The number of aromatic nitrogens is 1. The van der Waals surface area contributed by atoms with Crippen LogP contribution in [0.15, 0.2) is 10.6 Å². The Morgan fingerprint density at radius 2 is 2.04 bits per heavy atom. The summed E-state index contributed by atoms with van der Waals surface area (Å²) in [6.45, 7) is 7.24. The first-order valence-electron chi connectivity index (χ1n) is 8.35. The van der Waals surface area contributed by atoms with Crippen LogP contribution in [-0.2, 0) is 4.79 Å². The highest BCUT2D eigenvalue weighted by Crippen LogP contribution is 2.19. The SMILES string of the molecule is CC(C)c1cc(C(=O)N2CCNC[C@H]2C(=O)N2CCCC2)no1. The van der Waals surface area contributed by atoms with E-state index >= 15 is 0 Å². The monoisotopic (exact) mass is 320 g/mol. The molecule has 2 amide bonds. The van der Waals surface area contributed by atoms with E-state index in [1.165, 1.54) is 0 Å². The first kappa shape index (κ1) is 16.0. The van der Waals surface area contributed by atoms with Crippen LogP contribution >= 0.6 is 0 Å². The molecule has 0 spiro atoms. The van der Waals surface area contributed by atoms with E-state index in [0.29, 0.717) is 25.4 Å². The molecule has 7 heteroatoms. The van der Waals surface area contributed by atoms with Crippen LogP contribution < -0.4 is 5.32 Å². The Kier molecular flexibility index (Phi) is 4.66. The molecular formula is C16H24N4O3. The lowest BCUT2D eigenvalue weighted by Gasteiger charge is -2.36. The number of likely N-dealkylation sites (tertiary alicyclic amines) is 1. The summed E-state index contributed by atoms with van der Waals surface area (Å²) < 4.78 is 5.23. The first-order chi connectivity index (χ1) is 11.1. The largest absolute Gasteiger partial charge is 0.360 e. The smallest absolute Gasteiger partial charge is 0.276 e. The maximum Gasteiger partial charge on any atom is 0.276 e. The van der Waals surface area contributed by atoms with Crippen molar-refractivity contribution in [1.29, 1.82) is 0 Å². The number of rotatable bonds is 3. The van der Waals surface area contributed by atoms with Gasteiger partial charge in [0.2, 0.25) is 5.91 Å². The maximum absolute atomic E-state index is 12.8. The van der Waals surface area contributed by atoms with Crippen molar-refractivity contribution in [2.75, 3.05) is 32.7 Å². The van der Waals surface area contributed by atoms with Gasteiger partial charge in [-0.25, -0.2) is 0 Å². The molecule has 3 heterocycles. The molecule has 2 fully saturated rings. The van der Waals surface area contributed by atoms with E-state index in [9.17, 15) is 9.59 Å². The van der Waals surface area contributed by atoms with E-state index in [0.717, 1.165) is 25.9 Å². The average molecular weight is 320 g/mol. The van der Waals surface area contributed by atoms with E-state index in [1.54, 1.807) is 11.0 Å². The second kappa shape index (κ2) is 6.70. The van der Waals surface area contributed by atoms with Gasteiger partial charge < -0.3 is 19.6 Å². The Balaban J connectivity index is 1.76. The van der Waals surface area contributed by atoms with Gasteiger partial charge in [-0.1, -0.05) is 19.0 Å². The third-order valence-electron chi connectivity index (χ3n) is 4.52. The summed E-state index contributed by atoms with van der Waals surface area (Å²) >= 11 is 0. The maximum atomic E-state index is 12.8. The molecule has 2 aliphatic heterocycles. The van der Waals surface area contributed by atoms with Crippen molar-refractivity contribution < 1.29 is 14.1 Å². The summed E-state index contributed by atoms with van der Waals surface area (Å²) in [4.78, 5) is 29.0. The van der Waals surface area contributed by atoms with Gasteiger partial charge in [0.15, 0.2) is 5.69 Å². The second-order valence-electron chi connectivity index (χ2n) is 6.52. The molecule has 3 rings (SSSR count). The topological polar surface area (TPSA) is 78.7 Å². The van der Waals surface area contributed by atoms with E-state index in [-0.39, 0.29) is 23.4 Å². The summed E-state index contributed by atoms with van der Waals surface area (Å²) in [5, 5.41) is 7.11. The van der Waals surface area contributed by atoms with Gasteiger partial charge in [-0.15, -0.1) is 0 Å². The quantitative estimate of drug-likeness (QED) is 0.892. The van der Waals surface area contributed by atoms with Gasteiger partial charge in [0.05, 0.1) is 0 Å². The summed E-state index contributed by atoms with van der Waals surface area (Å²) in [7, 11) is 0. The zero-order valence-corrected chi connectivity index (χ0v) is 13.7. The number of carbonyl (C=O) groups excluding carboxylic acids is 2. The molecule has 0 saturated carbocycles. The van der Waals surface area contributed by atoms with Gasteiger partial charge in [-0.05, 0) is 12.8 Å². The van der Waals surface area contributed by atoms with Crippen LogP contribution in [-0.4, -0.2) is 65.5 Å². The fourth-order valence-corrected chi connectivity index (χ4v) is 3.13. The minimum atomic E-state index is -0.450. The lowest BCUT2D eigenvalue weighted by atomic mass is 10.1. The molecule has 1 aromatic rings. The highest BCUT2D eigenvalue weighted by molar-refractivity contribution is 5.96. The molecule has 126 valence electrons. The predicted octanol–water partition coefficient (Wildman–Crippen LogP) is 0.834. The second-order valence-corrected chi connectivity index (χ2v) is 6.52. The van der Waals surface area contributed by atoms with Crippen LogP contribution in [0, 0.1) is 0 Å². The number of hydrogen-bond donors (Lipinski definition) is 1. The van der Waals surface area contributed by atoms with Gasteiger partial charge in [0.1, 0.15) is 11.8 Å². The third kappa shape index (κ3) is 3.24. The number of hydrogen-bond acceptors (Lipinski definition) is 5. The molecule has 0 radical (unpaired) electrons. The normalized spacial score (nSPS) is 22.0. The van der Waals surface area contributed by atoms with Crippen LogP contribution in [0.1, 0.15) is 48.9 Å². The Morgan fingerprint density at radius 1 is 1.30 bits per heavy atom. The molecule has 7 nitrogen and oxygen atoms in total. The zero-order valence-electron chi connectivity index (χ0n) is 13.7. The number of nitrogens with zero attached hydrogens (tertiary/aromatic N) is 3. The molecule has 2 aliphatic rings. The Hall–Kier alpha value is -1.89. The molecule has 1 atom stereocenters. The van der Waals surface area contributed by atoms with Crippen molar-refractivity contribution in [3.05, 3.63) is 17.5 Å². The van der Waals surface area contributed by atoms with Gasteiger partial charge in [-0.2, -0.15) is 0 Å². The summed E-state index contributed by atoms with van der Waals surface area (Å²) in [5.41, 5.74) is 0.287. The van der Waals surface area contributed by atoms with E-state index < -0.39 is 6.04 Å². The number of nitrogens with one attached hydrogen (secondary N) is 1. The fourth-order valence-electron chi connectivity index (χ4n) is 3.13. The standard InChI is InChI=1S/C16H24N4O3/c1-11(2)14-9-12(18-23-14)15(21)20-8-5-17-10-13(20)16(22)19-6-3-4-7-19/h9,11,13,17H,3-8,10H2,1-2H3/t13-/m0/s1. The first-order valence-corrected chi connectivity index (χ1v) is 8.35. The van der Waals surface area contributed by atoms with E-state index in [1.807, 2.05) is 18.7 Å². The molecule has 1 N–H and O–H groups in total. The fraction of sp³-hybridized carbons (Fsp3) is 0.688. The molecule has 0 unspecified atom stereocenters. The van der Waals surface area contributed by atoms with Crippen LogP contribution in [0.25, 0.3) is 0 Å². The van der Waals surface area contributed by atoms with Crippen LogP contribution in [0.5, 0.6) is 0 Å². The summed E-state index contributed by atoms with van der Waals surface area (Å²) in [5.74, 6) is 0.676. The average Bonchev–Trinajstić information content (AvgIpc) is 3.24. The Morgan fingerprint density at radius 3 is 2.70 bits per heavy atom. The van der Waals surface area contributed by atoms with Crippen molar-refractivity contribution in [2.24, 2.45) is 0 Å². The Bertz CT molecular complexity index is 578. The highest BCUT2D eigenvalue weighted by Gasteiger charge is 2.36. The van der Waals surface area contributed by atoms with Crippen molar-refractivity contribution in [3.8, 4) is 0 Å². The van der Waals surface area contributed by atoms with E-state index in [4.69, 9.17) is 4.52 Å². The van der Waals surface area contributed by atoms with Gasteiger partial charge in [0.25, 0.3) is 5.91 Å². The van der Waals surface area contributed by atoms with Crippen LogP contribution in [0.2, 0.25) is 0 Å². The van der Waals surface area contributed by atoms with Crippen molar-refractivity contribution in [3.63, 3.8) is 0 Å². The summed E-state index contributed by atoms with van der Waals surface area (Å²) in [6.07, 6.45) is 2.09. The van der Waals surface area contributed by atoms with E-state index in [2.05, 4.69) is 10.5 Å².